The third kappa shape index (κ3) is 3.74. The Morgan fingerprint density at radius 1 is 0.933 bits per heavy atom. The normalized spacial score (nSPS) is 16.8. The van der Waals surface area contributed by atoms with Crippen LogP contribution in [0.3, 0.4) is 0 Å². The van der Waals surface area contributed by atoms with Gasteiger partial charge in [0.25, 0.3) is 0 Å². The van der Waals surface area contributed by atoms with Gasteiger partial charge in [-0.25, -0.2) is 10.2 Å². The van der Waals surface area contributed by atoms with E-state index in [1.54, 1.807) is 30.5 Å². The van der Waals surface area contributed by atoms with Crippen LogP contribution in [0.4, 0.5) is 0 Å². The van der Waals surface area contributed by atoms with Crippen molar-refractivity contribution in [1.82, 2.24) is 5.43 Å². The molecular weight excluding hydrogens is 376 g/mol. The minimum absolute atomic E-state index is 0.106. The average Bonchev–Trinajstić information content (AvgIpc) is 3.57. The van der Waals surface area contributed by atoms with Gasteiger partial charge in [0.2, 0.25) is 5.91 Å². The van der Waals surface area contributed by atoms with Gasteiger partial charge in [0, 0.05) is 5.41 Å². The van der Waals surface area contributed by atoms with E-state index in [2.05, 4.69) is 39.5 Å². The first-order valence-corrected chi connectivity index (χ1v) is 9.77. The third-order valence-corrected chi connectivity index (χ3v) is 5.58. The Morgan fingerprint density at radius 3 is 2.03 bits per heavy atom. The molecule has 0 bridgehead atoms. The second-order valence-electron chi connectivity index (χ2n) is 7.31. The number of nitrogens with zero attached hydrogens (tertiary/aromatic N) is 1. The highest BCUT2D eigenvalue weighted by atomic mass is 16.5. The molecule has 5 nitrogen and oxygen atoms in total. The lowest BCUT2D eigenvalue weighted by atomic mass is 9.85. The van der Waals surface area contributed by atoms with E-state index in [9.17, 15) is 9.59 Å². The van der Waals surface area contributed by atoms with Crippen molar-refractivity contribution in [2.75, 3.05) is 7.11 Å². The molecule has 0 spiro atoms. The number of carbonyl (C=O) groups excluding carboxylic acids is 2. The molecule has 1 atom stereocenters. The standard InChI is InChI=1S/C25H22N2O3/c1-30-24(29)19-14-12-18(13-15-19)17-26-27-23(28)22-16-25(22,20-8-4-2-5-9-20)21-10-6-3-7-11-21/h2-15,17,22H,16H2,1H3,(H,27,28). The molecule has 4 rings (SSSR count). The van der Waals surface area contributed by atoms with Crippen LogP contribution < -0.4 is 5.43 Å². The molecule has 0 aromatic heterocycles. The van der Waals surface area contributed by atoms with Crippen LogP contribution in [0.1, 0.15) is 33.5 Å². The Morgan fingerprint density at radius 2 is 1.50 bits per heavy atom. The number of ether oxygens (including phenoxy) is 1. The molecule has 1 aliphatic carbocycles. The Bertz CT molecular complexity index is 1020. The molecule has 1 N–H and O–H groups in total. The zero-order valence-electron chi connectivity index (χ0n) is 16.6. The highest BCUT2D eigenvalue weighted by molar-refractivity contribution is 5.91. The number of hydrogen-bond acceptors (Lipinski definition) is 4. The van der Waals surface area contributed by atoms with Crippen LogP contribution in [0.5, 0.6) is 0 Å². The fraction of sp³-hybridized carbons (Fsp3) is 0.160. The maximum Gasteiger partial charge on any atom is 0.337 e. The molecule has 3 aromatic carbocycles. The van der Waals surface area contributed by atoms with Crippen molar-refractivity contribution in [2.45, 2.75) is 11.8 Å². The summed E-state index contributed by atoms with van der Waals surface area (Å²) in [5.41, 5.74) is 5.87. The van der Waals surface area contributed by atoms with Gasteiger partial charge in [-0.1, -0.05) is 72.8 Å². The van der Waals surface area contributed by atoms with Gasteiger partial charge in [-0.05, 0) is 35.2 Å². The minimum atomic E-state index is -0.390. The Hall–Kier alpha value is -3.73. The molecule has 1 aliphatic rings. The van der Waals surface area contributed by atoms with Crippen LogP contribution in [-0.2, 0) is 14.9 Å². The quantitative estimate of drug-likeness (QED) is 0.389. The van der Waals surface area contributed by atoms with Gasteiger partial charge in [-0.15, -0.1) is 0 Å². The van der Waals surface area contributed by atoms with Crippen molar-refractivity contribution in [3.05, 3.63) is 107 Å². The molecule has 1 fully saturated rings. The minimum Gasteiger partial charge on any atom is -0.465 e. The van der Waals surface area contributed by atoms with Crippen molar-refractivity contribution < 1.29 is 14.3 Å². The Kier molecular flexibility index (Phi) is 5.44. The zero-order valence-corrected chi connectivity index (χ0v) is 16.6. The molecule has 0 aliphatic heterocycles. The predicted octanol–water partition coefficient (Wildman–Crippen LogP) is 3.93. The van der Waals surface area contributed by atoms with E-state index in [1.165, 1.54) is 7.11 Å². The molecular formula is C25H22N2O3. The number of amides is 1. The van der Waals surface area contributed by atoms with Crippen LogP contribution in [0, 0.1) is 5.92 Å². The van der Waals surface area contributed by atoms with Crippen molar-refractivity contribution in [1.29, 1.82) is 0 Å². The van der Waals surface area contributed by atoms with E-state index in [4.69, 9.17) is 0 Å². The molecule has 0 heterocycles. The number of esters is 1. The topological polar surface area (TPSA) is 67.8 Å². The smallest absolute Gasteiger partial charge is 0.337 e. The molecule has 30 heavy (non-hydrogen) atoms. The summed E-state index contributed by atoms with van der Waals surface area (Å²) < 4.78 is 4.68. The Balaban J connectivity index is 1.47. The molecule has 1 unspecified atom stereocenters. The summed E-state index contributed by atoms with van der Waals surface area (Å²) in [4.78, 5) is 24.3. The predicted molar refractivity (Wildman–Crippen MR) is 115 cm³/mol. The summed E-state index contributed by atoms with van der Waals surface area (Å²) in [6.07, 6.45) is 2.31. The van der Waals surface area contributed by atoms with Crippen molar-refractivity contribution in [2.24, 2.45) is 11.0 Å². The zero-order chi connectivity index (χ0) is 21.0. The van der Waals surface area contributed by atoms with Crippen LogP contribution >= 0.6 is 0 Å². The first kappa shape index (κ1) is 19.6. The van der Waals surface area contributed by atoms with Crippen molar-refractivity contribution in [3.63, 3.8) is 0 Å². The third-order valence-electron chi connectivity index (χ3n) is 5.58. The summed E-state index contributed by atoms with van der Waals surface area (Å²) in [7, 11) is 1.34. The number of carbonyl (C=O) groups is 2. The lowest BCUT2D eigenvalue weighted by molar-refractivity contribution is -0.122. The molecule has 5 heteroatoms. The second-order valence-corrected chi connectivity index (χ2v) is 7.31. The van der Waals surface area contributed by atoms with E-state index in [0.717, 1.165) is 23.1 Å². The van der Waals surface area contributed by atoms with E-state index in [-0.39, 0.29) is 17.2 Å². The van der Waals surface area contributed by atoms with Crippen LogP contribution in [0.15, 0.2) is 90.0 Å². The number of methoxy groups -OCH3 is 1. The second kappa shape index (κ2) is 8.33. The van der Waals surface area contributed by atoms with Gasteiger partial charge >= 0.3 is 5.97 Å². The van der Waals surface area contributed by atoms with Gasteiger partial charge in [0.1, 0.15) is 0 Å². The summed E-state index contributed by atoms with van der Waals surface area (Å²) in [6, 6.07) is 27.1. The SMILES string of the molecule is COC(=O)c1ccc(C=NNC(=O)C2CC2(c2ccccc2)c2ccccc2)cc1. The van der Waals surface area contributed by atoms with Crippen molar-refractivity contribution >= 4 is 18.1 Å². The maximum absolute atomic E-state index is 12.9. The monoisotopic (exact) mass is 398 g/mol. The molecule has 1 amide bonds. The average molecular weight is 398 g/mol. The number of rotatable bonds is 6. The van der Waals surface area contributed by atoms with Gasteiger partial charge in [0.15, 0.2) is 0 Å². The number of hydrazone groups is 1. The van der Waals surface area contributed by atoms with Crippen molar-refractivity contribution in [3.8, 4) is 0 Å². The molecule has 150 valence electrons. The fourth-order valence-corrected chi connectivity index (χ4v) is 3.93. The lowest BCUT2D eigenvalue weighted by Gasteiger charge is -2.18. The van der Waals surface area contributed by atoms with Gasteiger partial charge < -0.3 is 4.74 Å². The lowest BCUT2D eigenvalue weighted by Crippen LogP contribution is -2.25. The number of benzene rings is 3. The Labute approximate surface area is 175 Å². The fourth-order valence-electron chi connectivity index (χ4n) is 3.93. The first-order valence-electron chi connectivity index (χ1n) is 9.77. The highest BCUT2D eigenvalue weighted by Gasteiger charge is 2.60. The molecule has 1 saturated carbocycles. The largest absolute Gasteiger partial charge is 0.465 e. The van der Waals surface area contributed by atoms with Crippen LogP contribution in [0.2, 0.25) is 0 Å². The maximum atomic E-state index is 12.9. The molecule has 3 aromatic rings. The van der Waals surface area contributed by atoms with Gasteiger partial charge in [0.05, 0.1) is 24.8 Å². The van der Waals surface area contributed by atoms with Gasteiger partial charge in [-0.3, -0.25) is 4.79 Å². The summed E-state index contributed by atoms with van der Waals surface area (Å²) in [5.74, 6) is -0.676. The summed E-state index contributed by atoms with van der Waals surface area (Å²) in [5, 5.41) is 4.11. The molecule has 0 radical (unpaired) electrons. The molecule has 0 saturated heterocycles. The van der Waals surface area contributed by atoms with E-state index in [0.29, 0.717) is 5.56 Å². The first-order chi connectivity index (χ1) is 14.6. The van der Waals surface area contributed by atoms with E-state index < -0.39 is 5.97 Å². The van der Waals surface area contributed by atoms with Gasteiger partial charge in [-0.2, -0.15) is 5.10 Å². The van der Waals surface area contributed by atoms with Crippen LogP contribution in [-0.4, -0.2) is 25.2 Å². The number of nitrogens with one attached hydrogen (secondary N) is 1. The number of hydrogen-bond donors (Lipinski definition) is 1. The summed E-state index contributed by atoms with van der Waals surface area (Å²) >= 11 is 0. The van der Waals surface area contributed by atoms with Crippen LogP contribution in [0.25, 0.3) is 0 Å². The van der Waals surface area contributed by atoms with E-state index in [1.807, 2.05) is 36.4 Å². The van der Waals surface area contributed by atoms with E-state index >= 15 is 0 Å². The highest BCUT2D eigenvalue weighted by Crippen LogP contribution is 2.58. The summed E-state index contributed by atoms with van der Waals surface area (Å²) in [6.45, 7) is 0.